The van der Waals surface area contributed by atoms with Gasteiger partial charge in [-0.1, -0.05) is 11.6 Å². The average molecular weight is 288 g/mol. The molecule has 0 N–H and O–H groups in total. The fourth-order valence-electron chi connectivity index (χ4n) is 3.49. The third-order valence-corrected chi connectivity index (χ3v) is 4.57. The first kappa shape index (κ1) is 13.6. The number of hydrogen-bond acceptors (Lipinski definition) is 4. The Morgan fingerprint density at radius 1 is 1.35 bits per heavy atom. The molecular formula is C13H15F3N2O2. The van der Waals surface area contributed by atoms with Gasteiger partial charge in [0.25, 0.3) is 0 Å². The zero-order valence-electron chi connectivity index (χ0n) is 11.0. The van der Waals surface area contributed by atoms with Crippen LogP contribution >= 0.6 is 0 Å². The smallest absolute Gasteiger partial charge is 0.339 e. The molecule has 0 spiro atoms. The minimum Gasteiger partial charge on any atom is -0.339 e. The van der Waals surface area contributed by atoms with Crippen LogP contribution in [0.1, 0.15) is 56.2 Å². The van der Waals surface area contributed by atoms with Crippen LogP contribution in [-0.2, 0) is 4.79 Å². The normalized spacial score (nSPS) is 30.7. The molecule has 2 aliphatic rings. The standard InChI is InChI=1S/C13H15F3N2O2/c1-6(10(19)13(14,15)16)12-17-11(18-20-12)9-5-7-2-3-8(9)4-7/h6-9H,2-5H2,1H3. The van der Waals surface area contributed by atoms with Gasteiger partial charge in [-0.15, -0.1) is 0 Å². The third kappa shape index (κ3) is 2.23. The summed E-state index contributed by atoms with van der Waals surface area (Å²) in [6.07, 6.45) is -0.414. The maximum absolute atomic E-state index is 12.4. The Morgan fingerprint density at radius 2 is 2.10 bits per heavy atom. The molecule has 0 amide bonds. The van der Waals surface area contributed by atoms with Crippen LogP contribution in [0, 0.1) is 11.8 Å². The zero-order valence-corrected chi connectivity index (χ0v) is 11.0. The summed E-state index contributed by atoms with van der Waals surface area (Å²) in [6, 6.07) is 0. The van der Waals surface area contributed by atoms with Crippen LogP contribution < -0.4 is 0 Å². The number of carbonyl (C=O) groups is 1. The fourth-order valence-corrected chi connectivity index (χ4v) is 3.49. The number of nitrogens with zero attached hydrogens (tertiary/aromatic N) is 2. The monoisotopic (exact) mass is 288 g/mol. The summed E-state index contributed by atoms with van der Waals surface area (Å²) >= 11 is 0. The van der Waals surface area contributed by atoms with Crippen molar-refractivity contribution in [3.8, 4) is 0 Å². The predicted molar refractivity (Wildman–Crippen MR) is 62.0 cm³/mol. The highest BCUT2D eigenvalue weighted by Crippen LogP contribution is 2.52. The summed E-state index contributed by atoms with van der Waals surface area (Å²) in [5, 5.41) is 3.80. The molecule has 1 aromatic heterocycles. The van der Waals surface area contributed by atoms with E-state index in [1.165, 1.54) is 6.42 Å². The first-order chi connectivity index (χ1) is 9.36. The Balaban J connectivity index is 1.75. The van der Waals surface area contributed by atoms with Crippen molar-refractivity contribution in [1.82, 2.24) is 10.1 Å². The van der Waals surface area contributed by atoms with E-state index in [0.717, 1.165) is 26.2 Å². The lowest BCUT2D eigenvalue weighted by molar-refractivity contribution is -0.172. The Morgan fingerprint density at radius 3 is 2.65 bits per heavy atom. The molecule has 110 valence electrons. The summed E-state index contributed by atoms with van der Waals surface area (Å²) in [4.78, 5) is 15.2. The predicted octanol–water partition coefficient (Wildman–Crippen LogP) is 3.21. The topological polar surface area (TPSA) is 56.0 Å². The van der Waals surface area contributed by atoms with E-state index in [-0.39, 0.29) is 11.8 Å². The summed E-state index contributed by atoms with van der Waals surface area (Å²) < 4.78 is 42.0. The second-order valence-electron chi connectivity index (χ2n) is 5.86. The first-order valence-corrected chi connectivity index (χ1v) is 6.80. The number of alkyl halides is 3. The van der Waals surface area contributed by atoms with Crippen molar-refractivity contribution in [2.45, 2.75) is 50.6 Å². The molecule has 4 atom stereocenters. The second-order valence-corrected chi connectivity index (χ2v) is 5.86. The number of carbonyl (C=O) groups excluding carboxylic acids is 1. The van der Waals surface area contributed by atoms with Gasteiger partial charge in [0.1, 0.15) is 5.92 Å². The van der Waals surface area contributed by atoms with Gasteiger partial charge in [0.05, 0.1) is 0 Å². The number of Topliss-reactive ketones (excluding diaryl/α,β-unsaturated/α-hetero) is 1. The lowest BCUT2D eigenvalue weighted by Crippen LogP contribution is -2.27. The van der Waals surface area contributed by atoms with Crippen molar-refractivity contribution in [2.75, 3.05) is 0 Å². The zero-order chi connectivity index (χ0) is 14.5. The van der Waals surface area contributed by atoms with Crippen LogP contribution in [0.25, 0.3) is 0 Å². The van der Waals surface area contributed by atoms with Crippen LogP contribution in [0.5, 0.6) is 0 Å². The lowest BCUT2D eigenvalue weighted by atomic mass is 9.88. The fraction of sp³-hybridized carbons (Fsp3) is 0.769. The van der Waals surface area contributed by atoms with Crippen molar-refractivity contribution in [3.63, 3.8) is 0 Å². The third-order valence-electron chi connectivity index (χ3n) is 4.57. The number of ketones is 1. The molecular weight excluding hydrogens is 273 g/mol. The van der Waals surface area contributed by atoms with Crippen molar-refractivity contribution in [3.05, 3.63) is 11.7 Å². The van der Waals surface area contributed by atoms with Gasteiger partial charge in [-0.3, -0.25) is 4.79 Å². The first-order valence-electron chi connectivity index (χ1n) is 6.80. The molecule has 2 bridgehead atoms. The minimum absolute atomic E-state index is 0.180. The molecule has 0 saturated heterocycles. The molecule has 3 rings (SSSR count). The number of fused-ring (bicyclic) bond motifs is 2. The highest BCUT2D eigenvalue weighted by molar-refractivity contribution is 5.89. The maximum atomic E-state index is 12.4. The lowest BCUT2D eigenvalue weighted by Gasteiger charge is -2.17. The van der Waals surface area contributed by atoms with Gasteiger partial charge in [0, 0.05) is 5.92 Å². The number of aromatic nitrogens is 2. The van der Waals surface area contributed by atoms with E-state index < -0.39 is 17.9 Å². The molecule has 2 saturated carbocycles. The van der Waals surface area contributed by atoms with E-state index in [1.54, 1.807) is 0 Å². The largest absolute Gasteiger partial charge is 0.450 e. The molecule has 2 fully saturated rings. The minimum atomic E-state index is -4.87. The Labute approximate surface area is 113 Å². The molecule has 7 heteroatoms. The van der Waals surface area contributed by atoms with Crippen molar-refractivity contribution in [2.24, 2.45) is 11.8 Å². The van der Waals surface area contributed by atoms with Gasteiger partial charge in [-0.2, -0.15) is 18.2 Å². The van der Waals surface area contributed by atoms with Crippen LogP contribution in [-0.4, -0.2) is 22.1 Å². The summed E-state index contributed by atoms with van der Waals surface area (Å²) in [6.45, 7) is 1.15. The molecule has 20 heavy (non-hydrogen) atoms. The number of hydrogen-bond donors (Lipinski definition) is 0. The molecule has 4 nitrogen and oxygen atoms in total. The number of halogens is 3. The highest BCUT2D eigenvalue weighted by atomic mass is 19.4. The average Bonchev–Trinajstić information content (AvgIpc) is 3.10. The van der Waals surface area contributed by atoms with E-state index in [2.05, 4.69) is 10.1 Å². The van der Waals surface area contributed by atoms with Crippen molar-refractivity contribution >= 4 is 5.78 Å². The van der Waals surface area contributed by atoms with Crippen molar-refractivity contribution in [1.29, 1.82) is 0 Å². The van der Waals surface area contributed by atoms with Gasteiger partial charge in [0.2, 0.25) is 11.7 Å². The summed E-state index contributed by atoms with van der Waals surface area (Å²) in [5.74, 6) is -1.67. The SMILES string of the molecule is CC(C(=O)C(F)(F)F)c1nc(C2CC3CCC2C3)no1. The Kier molecular flexibility index (Phi) is 3.10. The van der Waals surface area contributed by atoms with Gasteiger partial charge < -0.3 is 4.52 Å². The quantitative estimate of drug-likeness (QED) is 0.857. The second kappa shape index (κ2) is 4.56. The molecule has 1 aromatic rings. The van der Waals surface area contributed by atoms with E-state index >= 15 is 0 Å². The maximum Gasteiger partial charge on any atom is 0.450 e. The summed E-state index contributed by atoms with van der Waals surface area (Å²) in [7, 11) is 0. The molecule has 0 aliphatic heterocycles. The molecule has 1 heterocycles. The van der Waals surface area contributed by atoms with Gasteiger partial charge in [0.15, 0.2) is 5.82 Å². The van der Waals surface area contributed by atoms with E-state index in [1.807, 2.05) is 0 Å². The van der Waals surface area contributed by atoms with Crippen molar-refractivity contribution < 1.29 is 22.5 Å². The van der Waals surface area contributed by atoms with E-state index in [9.17, 15) is 18.0 Å². The molecule has 2 aliphatic carbocycles. The van der Waals surface area contributed by atoms with Crippen LogP contribution in [0.2, 0.25) is 0 Å². The van der Waals surface area contributed by atoms with Crippen LogP contribution in [0.15, 0.2) is 4.52 Å². The van der Waals surface area contributed by atoms with Crippen LogP contribution in [0.3, 0.4) is 0 Å². The molecule has 0 radical (unpaired) electrons. The Bertz CT molecular complexity index is 526. The molecule has 0 aromatic carbocycles. The van der Waals surface area contributed by atoms with Gasteiger partial charge in [-0.05, 0) is 38.0 Å². The van der Waals surface area contributed by atoms with Crippen LogP contribution in [0.4, 0.5) is 13.2 Å². The van der Waals surface area contributed by atoms with Gasteiger partial charge in [-0.25, -0.2) is 0 Å². The Hall–Kier alpha value is -1.40. The highest BCUT2D eigenvalue weighted by Gasteiger charge is 2.45. The van der Waals surface area contributed by atoms with E-state index in [0.29, 0.717) is 17.7 Å². The summed E-state index contributed by atoms with van der Waals surface area (Å²) in [5.41, 5.74) is 0. The van der Waals surface area contributed by atoms with Gasteiger partial charge >= 0.3 is 6.18 Å². The number of rotatable bonds is 3. The van der Waals surface area contributed by atoms with E-state index in [4.69, 9.17) is 4.52 Å². The molecule has 4 unspecified atom stereocenters.